The van der Waals surface area contributed by atoms with Gasteiger partial charge in [0.15, 0.2) is 0 Å². The zero-order valence-corrected chi connectivity index (χ0v) is 19.2. The monoisotopic (exact) mass is 514 g/mol. The summed E-state index contributed by atoms with van der Waals surface area (Å²) in [5, 5.41) is 59.2. The minimum atomic E-state index is -1.04. The molecular weight excluding hydrogens is 496 g/mol. The van der Waals surface area contributed by atoms with Crippen molar-refractivity contribution in [2.24, 2.45) is 0 Å². The van der Waals surface area contributed by atoms with Gasteiger partial charge in [-0.1, -0.05) is 12.1 Å². The molecule has 0 amide bonds. The Kier molecular flexibility index (Phi) is 6.55. The quantitative estimate of drug-likeness (QED) is 0.157. The molecule has 0 aromatic heterocycles. The van der Waals surface area contributed by atoms with Crippen LogP contribution < -0.4 is 0 Å². The molecule has 4 rings (SSSR count). The molecule has 4 aromatic carbocycles. The van der Waals surface area contributed by atoms with Crippen molar-refractivity contribution in [2.45, 2.75) is 0 Å². The van der Waals surface area contributed by atoms with E-state index in [1.165, 1.54) is 24.3 Å². The molecule has 0 aliphatic rings. The first kappa shape index (κ1) is 25.5. The van der Waals surface area contributed by atoms with E-state index in [2.05, 4.69) is 0 Å². The number of carbonyl (C=O) groups excluding carboxylic acids is 4. The Morgan fingerprint density at radius 2 is 0.658 bits per heavy atom. The number of hydrogen-bond donors (Lipinski definition) is 6. The number of rotatable bonds is 7. The van der Waals surface area contributed by atoms with Gasteiger partial charge in [-0.3, -0.25) is 19.2 Å². The molecule has 0 bridgehead atoms. The van der Waals surface area contributed by atoms with Gasteiger partial charge in [0, 0.05) is 45.5 Å². The Labute approximate surface area is 213 Å². The molecule has 10 nitrogen and oxygen atoms in total. The average molecular weight is 514 g/mol. The third kappa shape index (κ3) is 5.00. The number of carbonyl (C=O) groups is 4. The number of benzene rings is 4. The normalized spacial score (nSPS) is 10.6. The van der Waals surface area contributed by atoms with Crippen LogP contribution in [0.1, 0.15) is 41.4 Å². The minimum absolute atomic E-state index is 0.0460. The van der Waals surface area contributed by atoms with Crippen molar-refractivity contribution < 1.29 is 49.8 Å². The van der Waals surface area contributed by atoms with Gasteiger partial charge in [0.05, 0.1) is 0 Å². The van der Waals surface area contributed by atoms with Gasteiger partial charge in [-0.25, -0.2) is 0 Å². The van der Waals surface area contributed by atoms with Gasteiger partial charge in [0.25, 0.3) is 0 Å². The second-order valence-electron chi connectivity index (χ2n) is 8.26. The summed E-state index contributed by atoms with van der Waals surface area (Å²) in [5.41, 5.74) is -0.834. The van der Waals surface area contributed by atoms with E-state index in [1.807, 2.05) is 0 Å². The molecule has 0 saturated carbocycles. The number of phenolic OH excluding ortho intramolecular Hbond substituents is 6. The molecule has 6 N–H and O–H groups in total. The van der Waals surface area contributed by atoms with Crippen LogP contribution in [-0.4, -0.2) is 53.8 Å². The zero-order valence-electron chi connectivity index (χ0n) is 19.2. The van der Waals surface area contributed by atoms with Gasteiger partial charge < -0.3 is 30.6 Å². The molecule has 0 radical (unpaired) electrons. The third-order valence-corrected chi connectivity index (χ3v) is 5.55. The van der Waals surface area contributed by atoms with Gasteiger partial charge >= 0.3 is 0 Å². The summed E-state index contributed by atoms with van der Waals surface area (Å²) < 4.78 is 0. The minimum Gasteiger partial charge on any atom is -0.508 e. The van der Waals surface area contributed by atoms with Gasteiger partial charge in [-0.2, -0.15) is 0 Å². The van der Waals surface area contributed by atoms with Crippen LogP contribution in [0.15, 0.2) is 72.8 Å². The summed E-state index contributed by atoms with van der Waals surface area (Å²) in [6, 6.07) is 12.9. The fraction of sp³-hybridized carbons (Fsp3) is 0. The lowest BCUT2D eigenvalue weighted by molar-refractivity contribution is 0.0816. The van der Waals surface area contributed by atoms with E-state index in [4.69, 9.17) is 0 Å². The predicted octanol–water partition coefficient (Wildman–Crippen LogP) is 3.72. The largest absolute Gasteiger partial charge is 0.508 e. The molecule has 0 aliphatic carbocycles. The van der Waals surface area contributed by atoms with E-state index in [9.17, 15) is 49.8 Å². The Bertz CT molecular complexity index is 1490. The molecule has 0 spiro atoms. The second kappa shape index (κ2) is 9.78. The summed E-state index contributed by atoms with van der Waals surface area (Å²) in [5.74, 6) is -6.78. The number of aromatic hydroxyl groups is 6. The highest BCUT2D eigenvalue weighted by Gasteiger charge is 2.23. The molecule has 0 heterocycles. The van der Waals surface area contributed by atoms with Crippen molar-refractivity contribution >= 4 is 23.1 Å². The highest BCUT2D eigenvalue weighted by molar-refractivity contribution is 6.50. The van der Waals surface area contributed by atoms with Gasteiger partial charge in [0.2, 0.25) is 23.1 Å². The number of Topliss-reactive ketones (excluding diaryl/α,β-unsaturated/α-hetero) is 4. The van der Waals surface area contributed by atoms with Crippen molar-refractivity contribution in [2.75, 3.05) is 0 Å². The Hall–Kier alpha value is -5.64. The fourth-order valence-electron chi connectivity index (χ4n) is 3.78. The van der Waals surface area contributed by atoms with Gasteiger partial charge in [-0.05, 0) is 48.5 Å². The van der Waals surface area contributed by atoms with Crippen LogP contribution in [-0.2, 0) is 0 Å². The highest BCUT2D eigenvalue weighted by atomic mass is 16.3. The van der Waals surface area contributed by atoms with Gasteiger partial charge in [-0.15, -0.1) is 0 Å². The van der Waals surface area contributed by atoms with Gasteiger partial charge in [0.1, 0.15) is 34.5 Å². The third-order valence-electron chi connectivity index (χ3n) is 5.55. The number of hydrogen-bond acceptors (Lipinski definition) is 10. The van der Waals surface area contributed by atoms with E-state index in [0.29, 0.717) is 0 Å². The Balaban J connectivity index is 1.59. The van der Waals surface area contributed by atoms with E-state index < -0.39 is 57.6 Å². The fourth-order valence-corrected chi connectivity index (χ4v) is 3.78. The van der Waals surface area contributed by atoms with Crippen LogP contribution in [0.5, 0.6) is 34.5 Å². The molecule has 0 unspecified atom stereocenters. The molecule has 190 valence electrons. The van der Waals surface area contributed by atoms with Crippen LogP contribution in [0.25, 0.3) is 11.1 Å². The first-order valence-corrected chi connectivity index (χ1v) is 10.8. The SMILES string of the molecule is O=C(C(=O)c1ccc(-c2ccc(C(=O)C(=O)c3cc(O)cc(O)c3)cc2O)c(O)c1)c1cc(O)cc(O)c1. The molecule has 0 saturated heterocycles. The molecule has 38 heavy (non-hydrogen) atoms. The molecule has 0 atom stereocenters. The lowest BCUT2D eigenvalue weighted by Crippen LogP contribution is -2.14. The molecule has 0 fully saturated rings. The number of ketones is 4. The maximum atomic E-state index is 12.6. The first-order valence-electron chi connectivity index (χ1n) is 10.8. The van der Waals surface area contributed by atoms with Crippen molar-refractivity contribution in [1.82, 2.24) is 0 Å². The molecular formula is C28H18O10. The predicted molar refractivity (Wildman–Crippen MR) is 132 cm³/mol. The number of phenols is 6. The van der Waals surface area contributed by atoms with Crippen molar-refractivity contribution in [3.63, 3.8) is 0 Å². The summed E-state index contributed by atoms with van der Waals surface area (Å²) in [6.45, 7) is 0. The second-order valence-corrected chi connectivity index (χ2v) is 8.26. The topological polar surface area (TPSA) is 190 Å². The zero-order chi connectivity index (χ0) is 27.7. The average Bonchev–Trinajstić information content (AvgIpc) is 2.86. The van der Waals surface area contributed by atoms with Crippen LogP contribution in [0.3, 0.4) is 0 Å². The maximum Gasteiger partial charge on any atom is 0.233 e. The van der Waals surface area contributed by atoms with Crippen molar-refractivity contribution in [3.05, 3.63) is 95.1 Å². The van der Waals surface area contributed by atoms with E-state index in [0.717, 1.165) is 48.5 Å². The lowest BCUT2D eigenvalue weighted by Gasteiger charge is -2.10. The smallest absolute Gasteiger partial charge is 0.233 e. The Morgan fingerprint density at radius 1 is 0.368 bits per heavy atom. The highest BCUT2D eigenvalue weighted by Crippen LogP contribution is 2.37. The van der Waals surface area contributed by atoms with E-state index in [1.54, 1.807) is 0 Å². The van der Waals surface area contributed by atoms with Crippen molar-refractivity contribution in [1.29, 1.82) is 0 Å². The summed E-state index contributed by atoms with van der Waals surface area (Å²) >= 11 is 0. The van der Waals surface area contributed by atoms with Crippen molar-refractivity contribution in [3.8, 4) is 45.6 Å². The summed E-state index contributed by atoms with van der Waals surface area (Å²) in [6.07, 6.45) is 0. The van der Waals surface area contributed by atoms with E-state index >= 15 is 0 Å². The molecule has 4 aromatic rings. The van der Waals surface area contributed by atoms with E-state index in [-0.39, 0.29) is 33.4 Å². The lowest BCUT2D eigenvalue weighted by atomic mass is 9.95. The molecule has 10 heteroatoms. The standard InChI is InChI=1S/C28H18O10/c29-17-5-15(6-18(30)11-17)27(37)25(35)13-1-3-21(23(33)9-13)22-4-2-14(10-24(22)34)26(36)28(38)16-7-19(31)12-20(32)8-16/h1-12,29-34H. The van der Waals surface area contributed by atoms with Crippen LogP contribution in [0.4, 0.5) is 0 Å². The summed E-state index contributed by atoms with van der Waals surface area (Å²) in [7, 11) is 0. The maximum absolute atomic E-state index is 12.6. The Morgan fingerprint density at radius 3 is 0.947 bits per heavy atom. The first-order chi connectivity index (χ1) is 17.9. The summed E-state index contributed by atoms with van der Waals surface area (Å²) in [4.78, 5) is 50.2. The molecule has 0 aliphatic heterocycles. The van der Waals surface area contributed by atoms with Crippen LogP contribution in [0, 0.1) is 0 Å². The van der Waals surface area contributed by atoms with Crippen LogP contribution in [0.2, 0.25) is 0 Å². The van der Waals surface area contributed by atoms with Crippen LogP contribution >= 0.6 is 0 Å².